The van der Waals surface area contributed by atoms with Gasteiger partial charge in [0.25, 0.3) is 0 Å². The molecule has 0 saturated carbocycles. The molecule has 0 aliphatic carbocycles. The van der Waals surface area contributed by atoms with Crippen LogP contribution in [0.25, 0.3) is 5.69 Å². The number of benzene rings is 2. The largest absolute Gasteiger partial charge is 0.318 e. The molecule has 3 aromatic rings. The summed E-state index contributed by atoms with van der Waals surface area (Å²) in [6.45, 7) is 3.97. The first-order chi connectivity index (χ1) is 12.9. The molecule has 0 N–H and O–H groups in total. The Hall–Kier alpha value is -1.39. The normalized spacial score (nSPS) is 11.0. The molecule has 2 aromatic carbocycles. The van der Waals surface area contributed by atoms with Crippen LogP contribution in [0, 0.1) is 13.8 Å². The van der Waals surface area contributed by atoms with Crippen LogP contribution in [-0.4, -0.2) is 16.1 Å². The first kappa shape index (κ1) is 20.3. The fraction of sp³-hybridized carbons (Fsp3) is 0.190. The lowest BCUT2D eigenvalue weighted by Gasteiger charge is -2.10. The third kappa shape index (κ3) is 4.72. The number of hydrogen-bond acceptors (Lipinski definition) is 2. The predicted molar refractivity (Wildman–Crippen MR) is 117 cm³/mol. The first-order valence-corrected chi connectivity index (χ1v) is 10.7. The molecule has 0 unspecified atom stereocenters. The second-order valence-corrected chi connectivity index (χ2v) is 8.50. The lowest BCUT2D eigenvalue weighted by atomic mass is 10.2. The van der Waals surface area contributed by atoms with Gasteiger partial charge in [0.15, 0.2) is 5.78 Å². The van der Waals surface area contributed by atoms with Crippen molar-refractivity contribution in [1.29, 1.82) is 0 Å². The number of aromatic nitrogens is 1. The van der Waals surface area contributed by atoms with E-state index in [9.17, 15) is 4.79 Å². The zero-order valence-electron chi connectivity index (χ0n) is 14.9. The van der Waals surface area contributed by atoms with Crippen LogP contribution in [0.15, 0.2) is 48.5 Å². The molecule has 0 bridgehead atoms. The van der Waals surface area contributed by atoms with Crippen LogP contribution >= 0.6 is 46.6 Å². The monoisotopic (exact) mass is 437 g/mol. The molecule has 0 aliphatic heterocycles. The second-order valence-electron chi connectivity index (χ2n) is 6.26. The van der Waals surface area contributed by atoms with Crippen LogP contribution in [-0.2, 0) is 5.75 Å². The molecule has 2 nitrogen and oxygen atoms in total. The van der Waals surface area contributed by atoms with Crippen LogP contribution in [0.2, 0.25) is 15.1 Å². The van der Waals surface area contributed by atoms with E-state index in [1.165, 1.54) is 0 Å². The van der Waals surface area contributed by atoms with Crippen molar-refractivity contribution in [3.05, 3.63) is 86.1 Å². The SMILES string of the molecule is Cc1cc(C(=O)CSCc2ccc(Cl)c(Cl)c2)c(C)n1-c1ccc(Cl)cc1. The highest BCUT2D eigenvalue weighted by molar-refractivity contribution is 7.99. The van der Waals surface area contributed by atoms with Crippen LogP contribution in [0.1, 0.15) is 27.3 Å². The van der Waals surface area contributed by atoms with Crippen molar-refractivity contribution in [2.45, 2.75) is 19.6 Å². The Morgan fingerprint density at radius 1 is 0.963 bits per heavy atom. The zero-order chi connectivity index (χ0) is 19.6. The number of aryl methyl sites for hydroxylation is 1. The van der Waals surface area contributed by atoms with Crippen molar-refractivity contribution in [2.75, 3.05) is 5.75 Å². The van der Waals surface area contributed by atoms with Crippen molar-refractivity contribution < 1.29 is 4.79 Å². The number of hydrogen-bond donors (Lipinski definition) is 0. The van der Waals surface area contributed by atoms with Crippen molar-refractivity contribution in [3.63, 3.8) is 0 Å². The summed E-state index contributed by atoms with van der Waals surface area (Å²) in [5.41, 5.74) is 4.76. The fourth-order valence-electron chi connectivity index (χ4n) is 3.00. The number of Topliss-reactive ketones (excluding diaryl/α,β-unsaturated/α-hetero) is 1. The smallest absolute Gasteiger partial charge is 0.174 e. The predicted octanol–water partition coefficient (Wildman–Crippen LogP) is 7.17. The highest BCUT2D eigenvalue weighted by atomic mass is 35.5. The lowest BCUT2D eigenvalue weighted by molar-refractivity contribution is 0.102. The molecule has 0 amide bonds. The average molecular weight is 439 g/mol. The van der Waals surface area contributed by atoms with Gasteiger partial charge in [0.2, 0.25) is 0 Å². The van der Waals surface area contributed by atoms with E-state index < -0.39 is 0 Å². The van der Waals surface area contributed by atoms with Crippen LogP contribution in [0.5, 0.6) is 0 Å². The first-order valence-electron chi connectivity index (χ1n) is 8.36. The van der Waals surface area contributed by atoms with Crippen LogP contribution < -0.4 is 0 Å². The molecule has 140 valence electrons. The number of halogens is 3. The zero-order valence-corrected chi connectivity index (χ0v) is 18.0. The standard InChI is InChI=1S/C21H18Cl3NOS/c1-13-9-18(14(2)25(13)17-6-4-16(22)5-7-17)21(26)12-27-11-15-3-8-19(23)20(24)10-15/h3-10H,11-12H2,1-2H3. The maximum atomic E-state index is 12.7. The Balaban J connectivity index is 1.70. The quantitative estimate of drug-likeness (QED) is 0.380. The molecular formula is C21H18Cl3NOS. The molecule has 3 rings (SSSR count). The molecule has 0 radical (unpaired) electrons. The molecule has 6 heteroatoms. The molecule has 1 heterocycles. The second kappa shape index (κ2) is 8.74. The lowest BCUT2D eigenvalue weighted by Crippen LogP contribution is -2.05. The summed E-state index contributed by atoms with van der Waals surface area (Å²) >= 11 is 19.5. The maximum absolute atomic E-state index is 12.7. The molecule has 0 spiro atoms. The maximum Gasteiger partial charge on any atom is 0.174 e. The summed E-state index contributed by atoms with van der Waals surface area (Å²) in [6, 6.07) is 15.1. The average Bonchev–Trinajstić information content (AvgIpc) is 2.93. The molecule has 0 atom stereocenters. The number of carbonyl (C=O) groups is 1. The topological polar surface area (TPSA) is 22.0 Å². The van der Waals surface area contributed by atoms with E-state index in [1.807, 2.05) is 56.3 Å². The number of thioether (sulfide) groups is 1. The number of nitrogens with zero attached hydrogens (tertiary/aromatic N) is 1. The minimum Gasteiger partial charge on any atom is -0.318 e. The Morgan fingerprint density at radius 2 is 1.67 bits per heavy atom. The van der Waals surface area contributed by atoms with Gasteiger partial charge < -0.3 is 4.57 Å². The van der Waals surface area contributed by atoms with E-state index in [1.54, 1.807) is 17.8 Å². The van der Waals surface area contributed by atoms with Gasteiger partial charge in [-0.15, -0.1) is 11.8 Å². The van der Waals surface area contributed by atoms with E-state index in [4.69, 9.17) is 34.8 Å². The fourth-order valence-corrected chi connectivity index (χ4v) is 4.31. The van der Waals surface area contributed by atoms with Crippen molar-refractivity contribution in [3.8, 4) is 5.69 Å². The summed E-state index contributed by atoms with van der Waals surface area (Å²) in [4.78, 5) is 12.7. The highest BCUT2D eigenvalue weighted by Gasteiger charge is 2.16. The van der Waals surface area contributed by atoms with Crippen molar-refractivity contribution in [2.24, 2.45) is 0 Å². The number of ketones is 1. The Bertz CT molecular complexity index is 980. The van der Waals surface area contributed by atoms with E-state index in [2.05, 4.69) is 4.57 Å². The van der Waals surface area contributed by atoms with Crippen LogP contribution in [0.4, 0.5) is 0 Å². The number of rotatable bonds is 6. The Morgan fingerprint density at radius 3 is 2.33 bits per heavy atom. The van der Waals surface area contributed by atoms with Gasteiger partial charge in [-0.25, -0.2) is 0 Å². The van der Waals surface area contributed by atoms with Gasteiger partial charge in [-0.05, 0) is 61.9 Å². The van der Waals surface area contributed by atoms with E-state index in [0.717, 1.165) is 28.2 Å². The third-order valence-corrected chi connectivity index (χ3v) is 6.30. The van der Waals surface area contributed by atoms with Crippen LogP contribution in [0.3, 0.4) is 0 Å². The molecule has 1 aromatic heterocycles. The Labute approximate surface area is 178 Å². The Kier molecular flexibility index (Phi) is 6.59. The molecule has 27 heavy (non-hydrogen) atoms. The van der Waals surface area contributed by atoms with Gasteiger partial charge in [0.1, 0.15) is 0 Å². The third-order valence-electron chi connectivity index (χ3n) is 4.30. The molecule has 0 fully saturated rings. The van der Waals surface area contributed by atoms with Gasteiger partial charge in [-0.2, -0.15) is 0 Å². The summed E-state index contributed by atoms with van der Waals surface area (Å²) in [7, 11) is 0. The van der Waals surface area contributed by atoms with Gasteiger partial charge in [-0.3, -0.25) is 4.79 Å². The van der Waals surface area contributed by atoms with E-state index in [-0.39, 0.29) is 5.78 Å². The van der Waals surface area contributed by atoms with Crippen molar-refractivity contribution >= 4 is 52.3 Å². The summed E-state index contributed by atoms with van der Waals surface area (Å²) < 4.78 is 2.08. The van der Waals surface area contributed by atoms with E-state index >= 15 is 0 Å². The highest BCUT2D eigenvalue weighted by Crippen LogP contribution is 2.26. The minimum atomic E-state index is 0.119. The molecule has 0 aliphatic rings. The molecule has 0 saturated heterocycles. The summed E-state index contributed by atoms with van der Waals surface area (Å²) in [6.07, 6.45) is 0. The van der Waals surface area contributed by atoms with Gasteiger partial charge in [0, 0.05) is 33.4 Å². The summed E-state index contributed by atoms with van der Waals surface area (Å²) in [5, 5.41) is 1.76. The minimum absolute atomic E-state index is 0.119. The van der Waals surface area contributed by atoms with Gasteiger partial charge >= 0.3 is 0 Å². The number of carbonyl (C=O) groups excluding carboxylic acids is 1. The summed E-state index contributed by atoms with van der Waals surface area (Å²) in [5.74, 6) is 1.23. The van der Waals surface area contributed by atoms with Crippen molar-refractivity contribution in [1.82, 2.24) is 4.57 Å². The van der Waals surface area contributed by atoms with Gasteiger partial charge in [-0.1, -0.05) is 40.9 Å². The molecular weight excluding hydrogens is 421 g/mol. The van der Waals surface area contributed by atoms with E-state index in [0.29, 0.717) is 26.6 Å². The van der Waals surface area contributed by atoms with Gasteiger partial charge in [0.05, 0.1) is 15.8 Å².